The lowest BCUT2D eigenvalue weighted by molar-refractivity contribution is -0.123. The summed E-state index contributed by atoms with van der Waals surface area (Å²) < 4.78 is 15.8. The van der Waals surface area contributed by atoms with Gasteiger partial charge in [-0.2, -0.15) is 0 Å². The number of pyridine rings is 1. The molecule has 1 unspecified atom stereocenters. The molecule has 3 rings (SSSR count). The number of morpholine rings is 1. The minimum absolute atomic E-state index is 0.266. The maximum Gasteiger partial charge on any atom is 0.340 e. The normalized spacial score (nSPS) is 14.8. The molecule has 1 N–H and O–H groups in total. The molecule has 154 valence electrons. The van der Waals surface area contributed by atoms with Crippen LogP contribution < -0.4 is 15.0 Å². The van der Waals surface area contributed by atoms with Crippen molar-refractivity contribution in [2.75, 3.05) is 43.6 Å². The van der Waals surface area contributed by atoms with Crippen molar-refractivity contribution in [1.82, 2.24) is 4.98 Å². The zero-order chi connectivity index (χ0) is 20.8. The molecule has 0 saturated carbocycles. The lowest BCUT2D eigenvalue weighted by Crippen LogP contribution is -2.36. The predicted molar refractivity (Wildman–Crippen MR) is 109 cm³/mol. The van der Waals surface area contributed by atoms with Gasteiger partial charge in [0.25, 0.3) is 5.91 Å². The highest BCUT2D eigenvalue weighted by molar-refractivity contribution is 6.31. The second kappa shape index (κ2) is 9.58. The van der Waals surface area contributed by atoms with Gasteiger partial charge in [0, 0.05) is 24.3 Å². The minimum atomic E-state index is -1.02. The summed E-state index contributed by atoms with van der Waals surface area (Å²) in [6.07, 6.45) is 0.419. The lowest BCUT2D eigenvalue weighted by atomic mass is 10.2. The van der Waals surface area contributed by atoms with Crippen molar-refractivity contribution < 1.29 is 23.8 Å². The summed E-state index contributed by atoms with van der Waals surface area (Å²) in [5.41, 5.74) is 0.659. The van der Waals surface area contributed by atoms with Crippen LogP contribution in [0.25, 0.3) is 0 Å². The molecule has 1 aliphatic rings. The number of hydrogen-bond donors (Lipinski definition) is 1. The number of hydrogen-bond acceptors (Lipinski definition) is 7. The van der Waals surface area contributed by atoms with E-state index in [-0.39, 0.29) is 5.56 Å². The second-order valence-electron chi connectivity index (χ2n) is 6.39. The standard InChI is InChI=1S/C20H22ClN3O5/c1-13(19(25)23-16-11-15(21)4-5-17(16)27-2)29-20(26)14-3-6-18(22-12-14)24-7-9-28-10-8-24/h3-6,11-13H,7-10H2,1-2H3,(H,23,25). The van der Waals surface area contributed by atoms with Gasteiger partial charge in [0.15, 0.2) is 6.10 Å². The highest BCUT2D eigenvalue weighted by Gasteiger charge is 2.21. The van der Waals surface area contributed by atoms with E-state index < -0.39 is 18.0 Å². The number of rotatable bonds is 6. The summed E-state index contributed by atoms with van der Waals surface area (Å²) in [5, 5.41) is 3.09. The number of benzene rings is 1. The van der Waals surface area contributed by atoms with Gasteiger partial charge in [-0.25, -0.2) is 9.78 Å². The summed E-state index contributed by atoms with van der Waals surface area (Å²) in [7, 11) is 1.48. The first-order chi connectivity index (χ1) is 14.0. The Morgan fingerprint density at radius 3 is 2.66 bits per heavy atom. The third kappa shape index (κ3) is 5.36. The van der Waals surface area contributed by atoms with Crippen LogP contribution >= 0.6 is 11.6 Å². The van der Waals surface area contributed by atoms with Gasteiger partial charge in [0.1, 0.15) is 11.6 Å². The summed E-state index contributed by atoms with van der Waals surface area (Å²) in [5.74, 6) is 0.0800. The van der Waals surface area contributed by atoms with E-state index in [9.17, 15) is 9.59 Å². The summed E-state index contributed by atoms with van der Waals surface area (Å²) in [6.45, 7) is 4.28. The fraction of sp³-hybridized carbons (Fsp3) is 0.350. The van der Waals surface area contributed by atoms with E-state index in [1.807, 2.05) is 0 Å². The van der Waals surface area contributed by atoms with Crippen LogP contribution in [0.2, 0.25) is 5.02 Å². The fourth-order valence-corrected chi connectivity index (χ4v) is 2.95. The van der Waals surface area contributed by atoms with Crippen molar-refractivity contribution >= 4 is 35.0 Å². The zero-order valence-electron chi connectivity index (χ0n) is 16.2. The molecular formula is C20H22ClN3O5. The number of aromatic nitrogens is 1. The topological polar surface area (TPSA) is 90.0 Å². The quantitative estimate of drug-likeness (QED) is 0.720. The molecule has 0 aliphatic carbocycles. The van der Waals surface area contributed by atoms with E-state index in [2.05, 4.69) is 15.2 Å². The summed E-state index contributed by atoms with van der Waals surface area (Å²) >= 11 is 5.96. The Bertz CT molecular complexity index is 869. The van der Waals surface area contributed by atoms with E-state index >= 15 is 0 Å². The number of nitrogens with zero attached hydrogens (tertiary/aromatic N) is 2. The first kappa shape index (κ1) is 20.9. The number of halogens is 1. The number of anilines is 2. The van der Waals surface area contributed by atoms with Crippen LogP contribution in [0.5, 0.6) is 5.75 Å². The van der Waals surface area contributed by atoms with Crippen LogP contribution in [0.3, 0.4) is 0 Å². The molecule has 1 aromatic heterocycles. The van der Waals surface area contributed by atoms with E-state index in [4.69, 9.17) is 25.8 Å². The van der Waals surface area contributed by atoms with E-state index in [1.54, 1.807) is 30.3 Å². The highest BCUT2D eigenvalue weighted by atomic mass is 35.5. The molecule has 1 aliphatic heterocycles. The first-order valence-corrected chi connectivity index (χ1v) is 9.50. The largest absolute Gasteiger partial charge is 0.495 e. The molecule has 1 aromatic carbocycles. The van der Waals surface area contributed by atoms with E-state index in [0.717, 1.165) is 18.9 Å². The Morgan fingerprint density at radius 1 is 1.24 bits per heavy atom. The van der Waals surface area contributed by atoms with E-state index in [0.29, 0.717) is 29.7 Å². The minimum Gasteiger partial charge on any atom is -0.495 e. The van der Waals surface area contributed by atoms with Gasteiger partial charge < -0.3 is 24.4 Å². The molecule has 29 heavy (non-hydrogen) atoms. The molecule has 0 bridgehead atoms. The average Bonchev–Trinajstić information content (AvgIpc) is 2.74. The predicted octanol–water partition coefficient (Wildman–Crippen LogP) is 2.76. The second-order valence-corrected chi connectivity index (χ2v) is 6.82. The van der Waals surface area contributed by atoms with Gasteiger partial charge in [0.05, 0.1) is 31.6 Å². The van der Waals surface area contributed by atoms with Crippen LogP contribution in [0.1, 0.15) is 17.3 Å². The van der Waals surface area contributed by atoms with Gasteiger partial charge in [-0.15, -0.1) is 0 Å². The molecule has 1 amide bonds. The van der Waals surface area contributed by atoms with Crippen molar-refractivity contribution in [2.24, 2.45) is 0 Å². The number of esters is 1. The number of ether oxygens (including phenoxy) is 3. The molecule has 1 saturated heterocycles. The maximum atomic E-state index is 12.4. The Labute approximate surface area is 173 Å². The summed E-state index contributed by atoms with van der Waals surface area (Å²) in [4.78, 5) is 31.1. The molecule has 1 fully saturated rings. The summed E-state index contributed by atoms with van der Waals surface area (Å²) in [6, 6.07) is 8.22. The van der Waals surface area contributed by atoms with Gasteiger partial charge in [0.2, 0.25) is 0 Å². The van der Waals surface area contributed by atoms with Gasteiger partial charge >= 0.3 is 5.97 Å². The average molecular weight is 420 g/mol. The molecule has 0 radical (unpaired) electrons. The molecular weight excluding hydrogens is 398 g/mol. The zero-order valence-corrected chi connectivity index (χ0v) is 16.9. The lowest BCUT2D eigenvalue weighted by Gasteiger charge is -2.27. The maximum absolute atomic E-state index is 12.4. The van der Waals surface area contributed by atoms with Crippen LogP contribution in [0.15, 0.2) is 36.5 Å². The first-order valence-electron chi connectivity index (χ1n) is 9.12. The number of carbonyl (C=O) groups is 2. The molecule has 0 spiro atoms. The molecule has 8 nitrogen and oxygen atoms in total. The third-order valence-corrected chi connectivity index (χ3v) is 4.63. The number of nitrogens with one attached hydrogen (secondary N) is 1. The number of methoxy groups -OCH3 is 1. The monoisotopic (exact) mass is 419 g/mol. The van der Waals surface area contributed by atoms with Gasteiger partial charge in [-0.05, 0) is 37.3 Å². The molecule has 2 aromatic rings. The Morgan fingerprint density at radius 2 is 2.00 bits per heavy atom. The Hall–Kier alpha value is -2.84. The number of carbonyl (C=O) groups excluding carboxylic acids is 2. The van der Waals surface area contributed by atoms with Crippen molar-refractivity contribution in [3.05, 3.63) is 47.1 Å². The van der Waals surface area contributed by atoms with Crippen LogP contribution in [-0.2, 0) is 14.3 Å². The van der Waals surface area contributed by atoms with Crippen molar-refractivity contribution in [1.29, 1.82) is 0 Å². The van der Waals surface area contributed by atoms with Crippen molar-refractivity contribution in [2.45, 2.75) is 13.0 Å². The molecule has 2 heterocycles. The van der Waals surface area contributed by atoms with Gasteiger partial charge in [-0.3, -0.25) is 4.79 Å². The third-order valence-electron chi connectivity index (χ3n) is 4.39. The smallest absolute Gasteiger partial charge is 0.340 e. The van der Waals surface area contributed by atoms with Crippen molar-refractivity contribution in [3.63, 3.8) is 0 Å². The fourth-order valence-electron chi connectivity index (χ4n) is 2.78. The van der Waals surface area contributed by atoms with Gasteiger partial charge in [-0.1, -0.05) is 11.6 Å². The highest BCUT2D eigenvalue weighted by Crippen LogP contribution is 2.28. The number of amides is 1. The van der Waals surface area contributed by atoms with E-state index in [1.165, 1.54) is 20.2 Å². The van der Waals surface area contributed by atoms with Crippen LogP contribution in [0, 0.1) is 0 Å². The van der Waals surface area contributed by atoms with Crippen LogP contribution in [-0.4, -0.2) is 56.4 Å². The van der Waals surface area contributed by atoms with Crippen molar-refractivity contribution in [3.8, 4) is 5.75 Å². The SMILES string of the molecule is COc1ccc(Cl)cc1NC(=O)C(C)OC(=O)c1ccc(N2CCOCC2)nc1. The molecule has 1 atom stereocenters. The van der Waals surface area contributed by atoms with Crippen LogP contribution in [0.4, 0.5) is 11.5 Å². The Kier molecular flexibility index (Phi) is 6.90. The molecule has 9 heteroatoms. The Balaban J connectivity index is 1.59.